The molecule has 2 nitrogen and oxygen atoms in total. The standard InChI is InChI=1S/C27H46O.C18H39N/c1-18(2)7-6-8-19(3)23-11-12-24-22-10-9-20-17-21(28)13-15-26(20,4)25(22)14-16-27(23,24)5;1-2-3-4-5-6-7-8-9-10-11-12-13-14-15-16-17-18-19/h9,18-19,21-25,28H,6-8,10-17H2,1-5H3;2-19H2,1H3/t19-,21?,22+,23-,24+,25+,26+,27-;/m1./s1. The van der Waals surface area contributed by atoms with Crippen LogP contribution in [-0.4, -0.2) is 17.8 Å². The number of allylic oxidation sites excluding steroid dienone is 1. The van der Waals surface area contributed by atoms with Crippen LogP contribution in [0.5, 0.6) is 0 Å². The van der Waals surface area contributed by atoms with Gasteiger partial charge in [-0.05, 0) is 111 Å². The fourth-order valence-electron chi connectivity index (χ4n) is 11.4. The van der Waals surface area contributed by atoms with Crippen molar-refractivity contribution in [2.45, 2.75) is 221 Å². The van der Waals surface area contributed by atoms with Crippen LogP contribution in [0.15, 0.2) is 11.6 Å². The lowest BCUT2D eigenvalue weighted by Crippen LogP contribution is -2.50. The first-order chi connectivity index (χ1) is 22.7. The minimum absolute atomic E-state index is 0.0766. The van der Waals surface area contributed by atoms with Crippen molar-refractivity contribution in [2.75, 3.05) is 6.54 Å². The molecule has 8 atom stereocenters. The summed E-state index contributed by atoms with van der Waals surface area (Å²) in [7, 11) is 0. The number of nitrogens with two attached hydrogens (primary N) is 1. The molecule has 0 amide bonds. The van der Waals surface area contributed by atoms with Crippen LogP contribution in [0.3, 0.4) is 0 Å². The average Bonchev–Trinajstić information content (AvgIpc) is 3.41. The van der Waals surface area contributed by atoms with Gasteiger partial charge in [-0.3, -0.25) is 0 Å². The maximum absolute atomic E-state index is 10.2. The van der Waals surface area contributed by atoms with Crippen molar-refractivity contribution < 1.29 is 5.11 Å². The summed E-state index contributed by atoms with van der Waals surface area (Å²) in [6.45, 7) is 15.7. The van der Waals surface area contributed by atoms with Gasteiger partial charge in [0.1, 0.15) is 0 Å². The molecule has 4 aliphatic rings. The van der Waals surface area contributed by atoms with E-state index in [1.54, 1.807) is 5.57 Å². The third kappa shape index (κ3) is 12.4. The second kappa shape index (κ2) is 21.8. The monoisotopic (exact) mass is 656 g/mol. The summed E-state index contributed by atoms with van der Waals surface area (Å²) in [5, 5.41) is 10.2. The van der Waals surface area contributed by atoms with Crippen molar-refractivity contribution in [3.05, 3.63) is 11.6 Å². The Morgan fingerprint density at radius 1 is 0.702 bits per heavy atom. The summed E-state index contributed by atoms with van der Waals surface area (Å²) in [5.74, 6) is 5.46. The molecule has 0 spiro atoms. The Bertz CT molecular complexity index is 833. The summed E-state index contributed by atoms with van der Waals surface area (Å²) in [6, 6.07) is 0. The van der Waals surface area contributed by atoms with Crippen molar-refractivity contribution in [3.63, 3.8) is 0 Å². The van der Waals surface area contributed by atoms with Crippen LogP contribution in [-0.2, 0) is 0 Å². The van der Waals surface area contributed by atoms with E-state index in [2.05, 4.69) is 47.6 Å². The zero-order valence-corrected chi connectivity index (χ0v) is 32.9. The molecule has 4 rings (SSSR count). The SMILES string of the molecule is CC(C)CCC[C@@H](C)[C@H]1CC[C@H]2[C@@H]3CC=C4CC(O)CC[C@]4(C)[C@H]3CC[C@]12C.CCCCCCCCCCCCCCCCCCN. The Morgan fingerprint density at radius 3 is 1.83 bits per heavy atom. The zero-order valence-electron chi connectivity index (χ0n) is 32.9. The van der Waals surface area contributed by atoms with Gasteiger partial charge in [0.15, 0.2) is 0 Å². The Kier molecular flexibility index (Phi) is 19.0. The van der Waals surface area contributed by atoms with Gasteiger partial charge >= 0.3 is 0 Å². The van der Waals surface area contributed by atoms with Crippen LogP contribution in [0.25, 0.3) is 0 Å². The molecule has 3 saturated carbocycles. The van der Waals surface area contributed by atoms with E-state index >= 15 is 0 Å². The minimum atomic E-state index is -0.0766. The fourth-order valence-corrected chi connectivity index (χ4v) is 11.4. The highest BCUT2D eigenvalue weighted by Gasteiger charge is 2.59. The Morgan fingerprint density at radius 2 is 1.28 bits per heavy atom. The van der Waals surface area contributed by atoms with Gasteiger partial charge in [0.25, 0.3) is 0 Å². The third-order valence-electron chi connectivity index (χ3n) is 14.3. The lowest BCUT2D eigenvalue weighted by Gasteiger charge is -2.58. The summed E-state index contributed by atoms with van der Waals surface area (Å²) < 4.78 is 0. The van der Waals surface area contributed by atoms with Crippen LogP contribution in [0.4, 0.5) is 0 Å². The molecule has 0 aliphatic heterocycles. The van der Waals surface area contributed by atoms with Crippen LogP contribution in [0.2, 0.25) is 0 Å². The van der Waals surface area contributed by atoms with Gasteiger partial charge in [-0.25, -0.2) is 0 Å². The number of fused-ring (bicyclic) bond motifs is 5. The minimum Gasteiger partial charge on any atom is -0.393 e. The summed E-state index contributed by atoms with van der Waals surface area (Å²) in [4.78, 5) is 0. The maximum atomic E-state index is 10.2. The highest BCUT2D eigenvalue weighted by Crippen LogP contribution is 2.67. The van der Waals surface area contributed by atoms with Crippen LogP contribution in [0.1, 0.15) is 215 Å². The second-order valence-electron chi connectivity index (χ2n) is 18.3. The van der Waals surface area contributed by atoms with Gasteiger partial charge in [0.2, 0.25) is 0 Å². The number of hydrogen-bond donors (Lipinski definition) is 2. The topological polar surface area (TPSA) is 46.2 Å². The van der Waals surface area contributed by atoms with Crippen LogP contribution >= 0.6 is 0 Å². The van der Waals surface area contributed by atoms with E-state index < -0.39 is 0 Å². The normalized spacial score (nSPS) is 32.2. The molecular formula is C45H85NO. The predicted molar refractivity (Wildman–Crippen MR) is 208 cm³/mol. The molecular weight excluding hydrogens is 571 g/mol. The maximum Gasteiger partial charge on any atom is 0.0577 e. The molecule has 3 fully saturated rings. The number of aliphatic hydroxyl groups is 1. The van der Waals surface area contributed by atoms with E-state index in [9.17, 15) is 5.11 Å². The summed E-state index contributed by atoms with van der Waals surface area (Å²) in [6.07, 6.45) is 40.0. The van der Waals surface area contributed by atoms with E-state index in [4.69, 9.17) is 5.73 Å². The third-order valence-corrected chi connectivity index (χ3v) is 14.3. The molecule has 0 radical (unpaired) electrons. The molecule has 0 aromatic carbocycles. The van der Waals surface area contributed by atoms with Gasteiger partial charge in [0, 0.05) is 0 Å². The first-order valence-electron chi connectivity index (χ1n) is 21.7. The Hall–Kier alpha value is -0.340. The van der Waals surface area contributed by atoms with E-state index in [0.29, 0.717) is 10.8 Å². The molecule has 2 heteroatoms. The van der Waals surface area contributed by atoms with Crippen LogP contribution < -0.4 is 5.73 Å². The number of hydrogen-bond acceptors (Lipinski definition) is 2. The van der Waals surface area contributed by atoms with Gasteiger partial charge in [0.05, 0.1) is 6.10 Å². The molecule has 4 aliphatic carbocycles. The first-order valence-corrected chi connectivity index (χ1v) is 21.7. The smallest absolute Gasteiger partial charge is 0.0577 e. The summed E-state index contributed by atoms with van der Waals surface area (Å²) >= 11 is 0. The van der Waals surface area contributed by atoms with E-state index in [0.717, 1.165) is 54.9 Å². The van der Waals surface area contributed by atoms with Crippen molar-refractivity contribution in [2.24, 2.45) is 52.1 Å². The molecule has 0 saturated heterocycles. The van der Waals surface area contributed by atoms with Gasteiger partial charge < -0.3 is 10.8 Å². The molecule has 47 heavy (non-hydrogen) atoms. The molecule has 276 valence electrons. The van der Waals surface area contributed by atoms with Gasteiger partial charge in [-0.2, -0.15) is 0 Å². The summed E-state index contributed by atoms with van der Waals surface area (Å²) in [5.41, 5.74) is 8.09. The Labute approximate surface area is 295 Å². The second-order valence-corrected chi connectivity index (χ2v) is 18.3. The van der Waals surface area contributed by atoms with Crippen molar-refractivity contribution in [1.29, 1.82) is 0 Å². The lowest BCUT2D eigenvalue weighted by molar-refractivity contribution is -0.0573. The Balaban J connectivity index is 0.000000279. The molecule has 1 unspecified atom stereocenters. The zero-order chi connectivity index (χ0) is 34.1. The quantitative estimate of drug-likeness (QED) is 0.0954. The lowest BCUT2D eigenvalue weighted by atomic mass is 9.47. The molecule has 3 N–H and O–H groups in total. The van der Waals surface area contributed by atoms with Crippen LogP contribution in [0, 0.1) is 46.3 Å². The predicted octanol–water partition coefficient (Wildman–Crippen LogP) is 13.6. The first kappa shape index (κ1) is 41.1. The number of unbranched alkanes of at least 4 members (excludes halogenated alkanes) is 15. The largest absolute Gasteiger partial charge is 0.393 e. The number of rotatable bonds is 21. The van der Waals surface area contributed by atoms with Crippen molar-refractivity contribution in [3.8, 4) is 0 Å². The molecule has 0 bridgehead atoms. The van der Waals surface area contributed by atoms with E-state index in [1.165, 1.54) is 161 Å². The van der Waals surface area contributed by atoms with Crippen molar-refractivity contribution >= 4 is 0 Å². The number of aliphatic hydroxyl groups excluding tert-OH is 1. The van der Waals surface area contributed by atoms with Gasteiger partial charge in [-0.1, -0.05) is 169 Å². The molecule has 0 aromatic heterocycles. The van der Waals surface area contributed by atoms with Gasteiger partial charge in [-0.15, -0.1) is 0 Å². The van der Waals surface area contributed by atoms with Crippen molar-refractivity contribution in [1.82, 2.24) is 0 Å². The average molecular weight is 656 g/mol. The molecule has 0 aromatic rings. The van der Waals surface area contributed by atoms with E-state index in [1.807, 2.05) is 0 Å². The van der Waals surface area contributed by atoms with E-state index in [-0.39, 0.29) is 6.10 Å². The fraction of sp³-hybridized carbons (Fsp3) is 0.956. The molecule has 0 heterocycles. The highest BCUT2D eigenvalue weighted by molar-refractivity contribution is 5.25. The highest BCUT2D eigenvalue weighted by atomic mass is 16.3.